The molecule has 0 radical (unpaired) electrons. The number of phosphoric ester groups is 1. The zero-order valence-corrected chi connectivity index (χ0v) is 35.2. The number of nitriles is 1. The molecule has 4 aliphatic rings. The molecule has 5 aromatic rings. The van der Waals surface area contributed by atoms with E-state index < -0.39 is 82.0 Å². The normalized spacial score (nSPS) is 32.3. The Morgan fingerprint density at radius 3 is 2.66 bits per heavy atom. The maximum absolute atomic E-state index is 16.8. The van der Waals surface area contributed by atoms with Gasteiger partial charge in [-0.15, -0.1) is 0 Å². The van der Waals surface area contributed by atoms with Crippen LogP contribution in [-0.2, 0) is 59.6 Å². The molecule has 27 heteroatoms. The number of carbonyl (C=O) groups excluding carboxylic acids is 1. The number of aromatic nitrogens is 8. The minimum atomic E-state index is -5.17. The van der Waals surface area contributed by atoms with Gasteiger partial charge in [-0.3, -0.25) is 37.3 Å². The number of nitrogens with one attached hydrogen (secondary N) is 1. The van der Waals surface area contributed by atoms with E-state index in [-0.39, 0.29) is 65.8 Å². The van der Waals surface area contributed by atoms with Crippen LogP contribution in [-0.4, -0.2) is 138 Å². The molecule has 0 spiro atoms. The van der Waals surface area contributed by atoms with Crippen LogP contribution in [0.5, 0.6) is 0 Å². The number of hydrogen-bond donors (Lipinski definition) is 2. The summed E-state index contributed by atoms with van der Waals surface area (Å²) in [6.07, 6.45) is -5.47. The maximum atomic E-state index is 16.8. The molecule has 0 aliphatic carbocycles. The molecule has 10 atom stereocenters. The predicted molar refractivity (Wildman–Crippen MR) is 213 cm³/mol. The van der Waals surface area contributed by atoms with Gasteiger partial charge in [0.05, 0.1) is 70.0 Å². The van der Waals surface area contributed by atoms with E-state index in [0.717, 1.165) is 0 Å². The smallest absolute Gasteiger partial charge is 0.369 e. The number of phosphoric acid groups is 1. The van der Waals surface area contributed by atoms with Gasteiger partial charge in [0.1, 0.15) is 41.9 Å². The zero-order valence-electron chi connectivity index (χ0n) is 32.6. The molecule has 4 saturated heterocycles. The van der Waals surface area contributed by atoms with Gasteiger partial charge in [-0.1, -0.05) is 30.3 Å². The van der Waals surface area contributed by atoms with Crippen molar-refractivity contribution in [2.45, 2.75) is 61.5 Å². The van der Waals surface area contributed by atoms with Gasteiger partial charge in [-0.2, -0.15) is 10.2 Å². The first kappa shape index (κ1) is 42.5. The van der Waals surface area contributed by atoms with Crippen molar-refractivity contribution in [3.8, 4) is 6.07 Å². The summed E-state index contributed by atoms with van der Waals surface area (Å²) in [6.45, 7) is -5.78. The molecule has 62 heavy (non-hydrogen) atoms. The van der Waals surface area contributed by atoms with Crippen LogP contribution < -0.4 is 5.56 Å². The number of imidazole rings is 2. The highest BCUT2D eigenvalue weighted by Gasteiger charge is 2.66. The second kappa shape index (κ2) is 16.7. The second-order valence-electron chi connectivity index (χ2n) is 14.7. The van der Waals surface area contributed by atoms with Crippen molar-refractivity contribution in [2.75, 3.05) is 40.5 Å². The molecule has 9 rings (SSSR count). The molecule has 2 N–H and O–H groups in total. The summed E-state index contributed by atoms with van der Waals surface area (Å²) in [5, 5.41) is 9.31. The van der Waals surface area contributed by atoms with Crippen LogP contribution in [0.25, 0.3) is 22.3 Å². The van der Waals surface area contributed by atoms with Crippen molar-refractivity contribution in [2.24, 2.45) is 4.99 Å². The SMILES string of the molecule is CN(C)C=Nc1nc2c(ncn2[C@@H]2O[C@]34CO[C@@H]2[C@@H]3OP(=S)(OCCC#N)OC[C@H]2O[C@@H](n3cnc5c(CC(=O)c6ccccc6)ncnc53)[C@H](F)[C@@H]2OP(=O)(O)OC4)c(=O)[nH]1. The number of alkyl halides is 1. The van der Waals surface area contributed by atoms with Gasteiger partial charge in [-0.05, 0) is 11.8 Å². The number of halogens is 1. The first-order chi connectivity index (χ1) is 29.8. The number of benzene rings is 1. The van der Waals surface area contributed by atoms with E-state index in [1.807, 2.05) is 6.07 Å². The fourth-order valence-electron chi connectivity index (χ4n) is 7.46. The molecule has 4 fully saturated rings. The van der Waals surface area contributed by atoms with Crippen LogP contribution in [0, 0.1) is 11.3 Å². The van der Waals surface area contributed by atoms with Gasteiger partial charge in [0.25, 0.3) is 5.56 Å². The minimum absolute atomic E-state index is 0.0323. The van der Waals surface area contributed by atoms with Crippen LogP contribution in [0.4, 0.5) is 10.3 Å². The standard InChI is InChI=1S/C35H36FN11O12P2S/c1-45(2)16-42-34-43-30-25(31(49)44-34)41-18-47(30)33-27-28-35(57-33,13-52-27)14-55-60(50,51)58-26-22(12-54-61(62,59-28)53-10-6-9-37)56-32(23(26)36)46-17-40-24-20(38-15-39-29(24)46)11-21(48)19-7-4-3-5-8-19/h3-5,7-8,15-18,22-23,26-28,32-33H,6,10-14H2,1-2H3,(H,50,51)(H,43,44,49)/t22-,23-,26-,27-,28+,32-,33-,35+,61?/m1/s1. The number of Topliss-reactive ketones (excluding diaryl/α,β-unsaturated/α-hetero) is 1. The number of aliphatic imine (C=N–C) groups is 1. The van der Waals surface area contributed by atoms with Crippen LogP contribution in [0.1, 0.15) is 34.9 Å². The molecule has 4 aliphatic heterocycles. The van der Waals surface area contributed by atoms with Gasteiger partial charge in [0.2, 0.25) is 5.95 Å². The fourth-order valence-corrected chi connectivity index (χ4v) is 10.6. The lowest BCUT2D eigenvalue weighted by atomic mass is 10.0. The minimum Gasteiger partial charge on any atom is -0.369 e. The molecule has 326 valence electrons. The summed E-state index contributed by atoms with van der Waals surface area (Å²) >= 11 is 5.87. The summed E-state index contributed by atoms with van der Waals surface area (Å²) in [4.78, 5) is 67.1. The van der Waals surface area contributed by atoms with Gasteiger partial charge in [0, 0.05) is 19.7 Å². The molecule has 8 heterocycles. The molecule has 4 aromatic heterocycles. The molecule has 0 amide bonds. The summed E-state index contributed by atoms with van der Waals surface area (Å²) in [7, 11) is -1.70. The van der Waals surface area contributed by atoms with Crippen LogP contribution >= 0.6 is 14.5 Å². The molecule has 23 nitrogen and oxygen atoms in total. The Hall–Kier alpha value is -4.80. The fraction of sp³-hybridized carbons (Fsp3) is 0.457. The average Bonchev–Trinajstić information content (AvgIpc) is 4.07. The molecule has 1 aromatic carbocycles. The third-order valence-electron chi connectivity index (χ3n) is 10.3. The first-order valence-electron chi connectivity index (χ1n) is 18.9. The van der Waals surface area contributed by atoms with Crippen molar-refractivity contribution >= 4 is 66.7 Å². The lowest BCUT2D eigenvalue weighted by Crippen LogP contribution is -2.46. The Kier molecular flexibility index (Phi) is 11.5. The van der Waals surface area contributed by atoms with Crippen molar-refractivity contribution in [1.82, 2.24) is 43.9 Å². The summed E-state index contributed by atoms with van der Waals surface area (Å²) in [5.41, 5.74) is -1.22. The lowest BCUT2D eigenvalue weighted by molar-refractivity contribution is -0.184. The number of carbonyl (C=O) groups is 1. The highest BCUT2D eigenvalue weighted by Crippen LogP contribution is 2.60. The number of H-pyrrole nitrogens is 1. The summed E-state index contributed by atoms with van der Waals surface area (Å²) in [5.74, 6) is -0.263. The summed E-state index contributed by atoms with van der Waals surface area (Å²) < 4.78 is 81.5. The highest BCUT2D eigenvalue weighted by molar-refractivity contribution is 8.07. The monoisotopic (exact) mass is 915 g/mol. The third kappa shape index (κ3) is 8.02. The van der Waals surface area contributed by atoms with Crippen molar-refractivity contribution in [3.05, 3.63) is 70.9 Å². The van der Waals surface area contributed by atoms with Crippen LogP contribution in [0.2, 0.25) is 0 Å². The van der Waals surface area contributed by atoms with E-state index in [9.17, 15) is 24.3 Å². The average molecular weight is 916 g/mol. The molecule has 0 saturated carbocycles. The number of fused-ring (bicyclic) bond motifs is 3. The summed E-state index contributed by atoms with van der Waals surface area (Å²) in [6, 6.07) is 10.6. The maximum Gasteiger partial charge on any atom is 0.472 e. The van der Waals surface area contributed by atoms with E-state index in [2.05, 4.69) is 34.9 Å². The number of aromatic amines is 1. The molecule has 2 unspecified atom stereocenters. The van der Waals surface area contributed by atoms with Gasteiger partial charge in [-0.25, -0.2) is 33.9 Å². The van der Waals surface area contributed by atoms with Crippen molar-refractivity contribution in [1.29, 1.82) is 5.26 Å². The number of rotatable bonds is 10. The van der Waals surface area contributed by atoms with Crippen LogP contribution in [0.15, 0.2) is 59.1 Å². The largest absolute Gasteiger partial charge is 0.472 e. The first-order valence-corrected chi connectivity index (χ1v) is 22.9. The number of nitrogens with zero attached hydrogens (tertiary/aromatic N) is 10. The van der Waals surface area contributed by atoms with E-state index in [1.165, 1.54) is 34.5 Å². The van der Waals surface area contributed by atoms with Crippen molar-refractivity contribution < 1.29 is 55.5 Å². The van der Waals surface area contributed by atoms with Gasteiger partial charge < -0.3 is 33.1 Å². The number of ether oxygens (including phenoxy) is 3. The van der Waals surface area contributed by atoms with E-state index in [0.29, 0.717) is 5.56 Å². The van der Waals surface area contributed by atoms with E-state index in [4.69, 9.17) is 48.6 Å². The second-order valence-corrected chi connectivity index (χ2v) is 19.1. The number of hydrogen-bond acceptors (Lipinski definition) is 19. The predicted octanol–water partition coefficient (Wildman–Crippen LogP) is 2.58. The van der Waals surface area contributed by atoms with Gasteiger partial charge in [0.15, 0.2) is 41.2 Å². The van der Waals surface area contributed by atoms with E-state index >= 15 is 4.39 Å². The Morgan fingerprint density at radius 2 is 1.89 bits per heavy atom. The third-order valence-corrected chi connectivity index (χ3v) is 13.6. The van der Waals surface area contributed by atoms with Crippen molar-refractivity contribution in [3.63, 3.8) is 0 Å². The van der Waals surface area contributed by atoms with E-state index in [1.54, 1.807) is 49.3 Å². The Labute approximate surface area is 354 Å². The Bertz CT molecular complexity index is 2750. The Balaban J connectivity index is 1.01. The number of ketones is 1. The Morgan fingerprint density at radius 1 is 1.11 bits per heavy atom. The highest BCUT2D eigenvalue weighted by atomic mass is 32.5. The topological polar surface area (TPSA) is 275 Å². The van der Waals surface area contributed by atoms with Crippen LogP contribution in [0.3, 0.4) is 0 Å². The molecular formula is C35H36FN11O12P2S. The zero-order chi connectivity index (χ0) is 43.4. The molecule has 2 bridgehead atoms. The lowest BCUT2D eigenvalue weighted by Gasteiger charge is -2.34. The molecular weight excluding hydrogens is 879 g/mol. The quantitative estimate of drug-likeness (QED) is 0.0670. The van der Waals surface area contributed by atoms with Gasteiger partial charge >= 0.3 is 14.5 Å².